The van der Waals surface area contributed by atoms with E-state index in [9.17, 15) is 0 Å². The maximum absolute atomic E-state index is 6.02. The van der Waals surface area contributed by atoms with Crippen molar-refractivity contribution in [3.8, 4) is 0 Å². The normalized spacial score (nSPS) is 28.7. The molecule has 1 heterocycles. The molecule has 3 rings (SSSR count). The van der Waals surface area contributed by atoms with Crippen LogP contribution in [-0.4, -0.2) is 28.3 Å². The van der Waals surface area contributed by atoms with E-state index >= 15 is 0 Å². The molecule has 0 bridgehead atoms. The van der Waals surface area contributed by atoms with Crippen molar-refractivity contribution >= 4 is 0 Å². The Morgan fingerprint density at radius 3 is 2.76 bits per heavy atom. The zero-order valence-corrected chi connectivity index (χ0v) is 13.6. The fourth-order valence-corrected chi connectivity index (χ4v) is 4.48. The third-order valence-electron chi connectivity index (χ3n) is 5.71. The smallest absolute Gasteiger partial charge is 0.0946 e. The standard InChI is InChI=1S/C17H29N3O/c1-4-13(14-11-18-12-20(14)3)19-15-10-16(21-5-2)17(15)8-6-7-9-17/h11-13,15-16,19H,4-10H2,1-3H3/t13-,15+,16+/m0/s1. The topological polar surface area (TPSA) is 39.1 Å². The average Bonchev–Trinajstić information content (AvgIpc) is 3.13. The van der Waals surface area contributed by atoms with Crippen LogP contribution in [0.4, 0.5) is 0 Å². The van der Waals surface area contributed by atoms with Gasteiger partial charge in [0, 0.05) is 37.4 Å². The molecule has 1 spiro atoms. The number of nitrogens with one attached hydrogen (secondary N) is 1. The van der Waals surface area contributed by atoms with Gasteiger partial charge in [0.15, 0.2) is 0 Å². The monoisotopic (exact) mass is 291 g/mol. The van der Waals surface area contributed by atoms with Crippen molar-refractivity contribution in [3.63, 3.8) is 0 Å². The molecule has 21 heavy (non-hydrogen) atoms. The van der Waals surface area contributed by atoms with E-state index in [1.165, 1.54) is 37.8 Å². The number of aryl methyl sites for hydroxylation is 1. The lowest BCUT2D eigenvalue weighted by atomic mass is 9.60. The van der Waals surface area contributed by atoms with Crippen LogP contribution in [0.15, 0.2) is 12.5 Å². The molecule has 1 N–H and O–H groups in total. The van der Waals surface area contributed by atoms with Gasteiger partial charge in [-0.3, -0.25) is 0 Å². The number of rotatable bonds is 6. The fourth-order valence-electron chi connectivity index (χ4n) is 4.48. The molecule has 0 aliphatic heterocycles. The highest BCUT2D eigenvalue weighted by molar-refractivity contribution is 5.13. The van der Waals surface area contributed by atoms with Crippen molar-refractivity contribution in [1.82, 2.24) is 14.9 Å². The SMILES string of the molecule is CCO[C@@H]1C[C@@H](N[C@@H](CC)c2cncn2C)C12CCCC2. The van der Waals surface area contributed by atoms with Gasteiger partial charge in [-0.05, 0) is 32.6 Å². The Hall–Kier alpha value is -0.870. The van der Waals surface area contributed by atoms with Crippen LogP contribution >= 0.6 is 0 Å². The van der Waals surface area contributed by atoms with E-state index in [2.05, 4.69) is 35.8 Å². The van der Waals surface area contributed by atoms with E-state index in [1.807, 2.05) is 12.5 Å². The summed E-state index contributed by atoms with van der Waals surface area (Å²) in [6, 6.07) is 1.01. The van der Waals surface area contributed by atoms with Crippen LogP contribution in [-0.2, 0) is 11.8 Å². The van der Waals surface area contributed by atoms with E-state index in [1.54, 1.807) is 0 Å². The Kier molecular flexibility index (Phi) is 4.36. The predicted octanol–water partition coefficient (Wildman–Crippen LogP) is 3.20. The molecule has 4 heteroatoms. The Morgan fingerprint density at radius 2 is 2.19 bits per heavy atom. The second-order valence-corrected chi connectivity index (χ2v) is 6.73. The maximum atomic E-state index is 6.02. The molecule has 3 atom stereocenters. The molecule has 2 fully saturated rings. The van der Waals surface area contributed by atoms with Gasteiger partial charge in [0.05, 0.1) is 18.1 Å². The van der Waals surface area contributed by atoms with Crippen LogP contribution in [0.1, 0.15) is 64.1 Å². The first-order chi connectivity index (χ1) is 10.2. The van der Waals surface area contributed by atoms with Gasteiger partial charge in [0.2, 0.25) is 0 Å². The number of hydrogen-bond acceptors (Lipinski definition) is 3. The van der Waals surface area contributed by atoms with E-state index in [0.717, 1.165) is 13.0 Å². The molecular weight excluding hydrogens is 262 g/mol. The largest absolute Gasteiger partial charge is 0.378 e. The summed E-state index contributed by atoms with van der Waals surface area (Å²) in [5.41, 5.74) is 1.70. The van der Waals surface area contributed by atoms with Gasteiger partial charge in [-0.25, -0.2) is 4.98 Å². The quantitative estimate of drug-likeness (QED) is 0.875. The zero-order valence-electron chi connectivity index (χ0n) is 13.6. The lowest BCUT2D eigenvalue weighted by Gasteiger charge is -2.55. The maximum Gasteiger partial charge on any atom is 0.0946 e. The minimum absolute atomic E-state index is 0.405. The molecular formula is C17H29N3O. The van der Waals surface area contributed by atoms with Crippen LogP contribution < -0.4 is 5.32 Å². The number of aromatic nitrogens is 2. The molecule has 0 saturated heterocycles. The van der Waals surface area contributed by atoms with Gasteiger partial charge in [-0.1, -0.05) is 19.8 Å². The van der Waals surface area contributed by atoms with Crippen molar-refractivity contribution in [2.75, 3.05) is 6.61 Å². The minimum Gasteiger partial charge on any atom is -0.378 e. The summed E-state index contributed by atoms with van der Waals surface area (Å²) < 4.78 is 8.16. The first-order valence-corrected chi connectivity index (χ1v) is 8.55. The van der Waals surface area contributed by atoms with Crippen LogP contribution in [0, 0.1) is 5.41 Å². The van der Waals surface area contributed by atoms with Gasteiger partial charge < -0.3 is 14.6 Å². The van der Waals surface area contributed by atoms with Crippen LogP contribution in [0.5, 0.6) is 0 Å². The summed E-state index contributed by atoms with van der Waals surface area (Å²) >= 11 is 0. The van der Waals surface area contributed by atoms with Crippen LogP contribution in [0.2, 0.25) is 0 Å². The van der Waals surface area contributed by atoms with Crippen molar-refractivity contribution in [3.05, 3.63) is 18.2 Å². The molecule has 0 radical (unpaired) electrons. The van der Waals surface area contributed by atoms with Gasteiger partial charge in [-0.15, -0.1) is 0 Å². The molecule has 118 valence electrons. The number of ether oxygens (including phenoxy) is 1. The van der Waals surface area contributed by atoms with Crippen LogP contribution in [0.25, 0.3) is 0 Å². The summed E-state index contributed by atoms with van der Waals surface area (Å²) in [6.45, 7) is 5.22. The summed E-state index contributed by atoms with van der Waals surface area (Å²) in [5.74, 6) is 0. The van der Waals surface area contributed by atoms with Gasteiger partial charge in [0.1, 0.15) is 0 Å². The third-order valence-corrected chi connectivity index (χ3v) is 5.71. The Bertz CT molecular complexity index is 464. The summed E-state index contributed by atoms with van der Waals surface area (Å²) in [5, 5.41) is 3.93. The second kappa shape index (κ2) is 6.09. The van der Waals surface area contributed by atoms with Crippen molar-refractivity contribution in [2.24, 2.45) is 12.5 Å². The first-order valence-electron chi connectivity index (χ1n) is 8.55. The van der Waals surface area contributed by atoms with E-state index in [4.69, 9.17) is 4.74 Å². The highest BCUT2D eigenvalue weighted by Gasteiger charge is 2.56. The molecule has 0 amide bonds. The second-order valence-electron chi connectivity index (χ2n) is 6.73. The molecule has 1 aromatic heterocycles. The van der Waals surface area contributed by atoms with Crippen molar-refractivity contribution in [2.45, 2.75) is 70.6 Å². The average molecular weight is 291 g/mol. The van der Waals surface area contributed by atoms with E-state index < -0.39 is 0 Å². The van der Waals surface area contributed by atoms with Gasteiger partial charge in [0.25, 0.3) is 0 Å². The first kappa shape index (κ1) is 15.0. The van der Waals surface area contributed by atoms with Gasteiger partial charge in [-0.2, -0.15) is 0 Å². The van der Waals surface area contributed by atoms with E-state index in [0.29, 0.717) is 23.6 Å². The van der Waals surface area contributed by atoms with Crippen molar-refractivity contribution < 1.29 is 4.74 Å². The molecule has 1 aromatic rings. The minimum atomic E-state index is 0.405. The predicted molar refractivity (Wildman–Crippen MR) is 84.1 cm³/mol. The lowest BCUT2D eigenvalue weighted by molar-refractivity contribution is -0.133. The van der Waals surface area contributed by atoms with E-state index in [-0.39, 0.29) is 0 Å². The summed E-state index contributed by atoms with van der Waals surface area (Å²) in [6.07, 6.45) is 12.0. The summed E-state index contributed by atoms with van der Waals surface area (Å²) in [7, 11) is 2.09. The lowest BCUT2D eigenvalue weighted by Crippen LogP contribution is -2.63. The molecule has 2 saturated carbocycles. The number of hydrogen-bond donors (Lipinski definition) is 1. The van der Waals surface area contributed by atoms with Gasteiger partial charge >= 0.3 is 0 Å². The third kappa shape index (κ3) is 2.53. The molecule has 4 nitrogen and oxygen atoms in total. The molecule has 2 aliphatic carbocycles. The summed E-state index contributed by atoms with van der Waals surface area (Å²) in [4.78, 5) is 4.27. The van der Waals surface area contributed by atoms with Crippen LogP contribution in [0.3, 0.4) is 0 Å². The highest BCUT2D eigenvalue weighted by Crippen LogP contribution is 2.55. The molecule has 2 aliphatic rings. The Morgan fingerprint density at radius 1 is 1.43 bits per heavy atom. The Labute approximate surface area is 128 Å². The number of nitrogens with zero attached hydrogens (tertiary/aromatic N) is 2. The number of imidazole rings is 1. The highest BCUT2D eigenvalue weighted by atomic mass is 16.5. The molecule has 0 aromatic carbocycles. The van der Waals surface area contributed by atoms with Crippen molar-refractivity contribution in [1.29, 1.82) is 0 Å². The Balaban J connectivity index is 1.71. The fraction of sp³-hybridized carbons (Fsp3) is 0.824. The zero-order chi connectivity index (χ0) is 14.9. The molecule has 0 unspecified atom stereocenters.